The molecule has 4 aliphatic heterocycles. The van der Waals surface area contributed by atoms with E-state index in [9.17, 15) is 0 Å². The van der Waals surface area contributed by atoms with Gasteiger partial charge in [0.1, 0.15) is 0 Å². The van der Waals surface area contributed by atoms with E-state index in [2.05, 4.69) is 162 Å². The van der Waals surface area contributed by atoms with Crippen LogP contribution in [-0.4, -0.2) is 28.7 Å². The molecule has 4 heterocycles. The fourth-order valence-corrected chi connectivity index (χ4v) is 11.3. The Hall–Kier alpha value is -6.24. The summed E-state index contributed by atoms with van der Waals surface area (Å²) in [4.78, 5) is 20.5. The molecular formula is C48H31N5S. The molecule has 5 unspecified atom stereocenters. The average Bonchev–Trinajstić information content (AvgIpc) is 3.88. The van der Waals surface area contributed by atoms with Crippen molar-refractivity contribution in [2.45, 2.75) is 34.2 Å². The molecule has 54 heavy (non-hydrogen) atoms. The van der Waals surface area contributed by atoms with Crippen LogP contribution >= 0.6 is 11.8 Å². The van der Waals surface area contributed by atoms with Crippen LogP contribution in [0.4, 0.5) is 5.69 Å². The number of anilines is 1. The molecule has 254 valence electrons. The summed E-state index contributed by atoms with van der Waals surface area (Å²) in [5.74, 6) is 0.898. The zero-order valence-corrected chi connectivity index (χ0v) is 29.8. The summed E-state index contributed by atoms with van der Waals surface area (Å²) < 4.78 is 0. The van der Waals surface area contributed by atoms with Gasteiger partial charge >= 0.3 is 0 Å². The maximum Gasteiger partial charge on any atom is 0.226 e. The number of allylic oxidation sites excluding steroid dienone is 2. The van der Waals surface area contributed by atoms with Gasteiger partial charge in [0.05, 0.1) is 51.9 Å². The molecule has 3 aliphatic carbocycles. The van der Waals surface area contributed by atoms with Crippen LogP contribution in [-0.2, 0) is 0 Å². The third-order valence-electron chi connectivity index (χ3n) is 12.3. The summed E-state index contributed by atoms with van der Waals surface area (Å²) in [5.41, 5.74) is 14.2. The van der Waals surface area contributed by atoms with Crippen LogP contribution < -0.4 is 10.2 Å². The Morgan fingerprint density at radius 1 is 0.685 bits per heavy atom. The summed E-state index contributed by atoms with van der Waals surface area (Å²) in [5, 5.41) is 8.87. The van der Waals surface area contributed by atoms with Gasteiger partial charge in [-0.05, 0) is 62.9 Å². The Labute approximate surface area is 316 Å². The number of rotatable bonds is 1. The first-order chi connectivity index (χ1) is 26.8. The van der Waals surface area contributed by atoms with Gasteiger partial charge in [0.15, 0.2) is 0 Å². The first-order valence-electron chi connectivity index (χ1n) is 18.8. The van der Waals surface area contributed by atoms with Crippen molar-refractivity contribution in [3.8, 4) is 0 Å². The third-order valence-corrected chi connectivity index (χ3v) is 13.6. The Kier molecular flexibility index (Phi) is 5.78. The van der Waals surface area contributed by atoms with Crippen LogP contribution in [0.15, 0.2) is 166 Å². The number of nitrogens with zero attached hydrogens (tertiary/aromatic N) is 4. The third kappa shape index (κ3) is 3.88. The van der Waals surface area contributed by atoms with E-state index in [0.717, 1.165) is 34.3 Å². The molecule has 0 amide bonds. The van der Waals surface area contributed by atoms with Crippen molar-refractivity contribution in [2.75, 3.05) is 4.90 Å². The zero-order valence-electron chi connectivity index (χ0n) is 29.0. The Morgan fingerprint density at radius 3 is 2.52 bits per heavy atom. The molecule has 0 fully saturated rings. The van der Waals surface area contributed by atoms with Gasteiger partial charge in [0.2, 0.25) is 5.96 Å². The molecule has 0 saturated heterocycles. The molecular weight excluding hydrogens is 679 g/mol. The summed E-state index contributed by atoms with van der Waals surface area (Å²) >= 11 is 1.90. The molecule has 1 N–H and O–H groups in total. The van der Waals surface area contributed by atoms with Crippen LogP contribution in [0.2, 0.25) is 0 Å². The highest BCUT2D eigenvalue weighted by atomic mass is 32.2. The topological polar surface area (TPSA) is 52.4 Å². The van der Waals surface area contributed by atoms with Gasteiger partial charge in [-0.3, -0.25) is 0 Å². The van der Waals surface area contributed by atoms with E-state index in [1.807, 2.05) is 11.8 Å². The molecule has 7 aliphatic rings. The summed E-state index contributed by atoms with van der Waals surface area (Å²) in [6, 6.07) is 42.3. The molecule has 6 heteroatoms. The van der Waals surface area contributed by atoms with Gasteiger partial charge in [0.25, 0.3) is 0 Å². The average molecular weight is 710 g/mol. The van der Waals surface area contributed by atoms with E-state index >= 15 is 0 Å². The maximum absolute atomic E-state index is 5.71. The van der Waals surface area contributed by atoms with Crippen LogP contribution in [0, 0.1) is 0 Å². The van der Waals surface area contributed by atoms with Gasteiger partial charge in [-0.2, -0.15) is 0 Å². The quantitative estimate of drug-likeness (QED) is 0.185. The second kappa shape index (κ2) is 10.7. The van der Waals surface area contributed by atoms with Crippen molar-refractivity contribution >= 4 is 73.8 Å². The number of fused-ring (bicyclic) bond motifs is 13. The second-order valence-electron chi connectivity index (χ2n) is 15.1. The van der Waals surface area contributed by atoms with E-state index in [-0.39, 0.29) is 29.3 Å². The van der Waals surface area contributed by atoms with Gasteiger partial charge in [-0.15, -0.1) is 11.8 Å². The van der Waals surface area contributed by atoms with Crippen LogP contribution in [0.1, 0.15) is 56.9 Å². The first kappa shape index (κ1) is 29.2. The van der Waals surface area contributed by atoms with Gasteiger partial charge < -0.3 is 10.2 Å². The maximum atomic E-state index is 5.71. The molecule has 13 rings (SSSR count). The normalized spacial score (nSPS) is 24.6. The monoisotopic (exact) mass is 709 g/mol. The Balaban J connectivity index is 1.07. The van der Waals surface area contributed by atoms with Crippen LogP contribution in [0.3, 0.4) is 0 Å². The highest BCUT2D eigenvalue weighted by Gasteiger charge is 2.48. The van der Waals surface area contributed by atoms with Crippen molar-refractivity contribution in [1.82, 2.24) is 5.32 Å². The lowest BCUT2D eigenvalue weighted by molar-refractivity contribution is 0.665. The minimum Gasteiger partial charge on any atom is -0.371 e. The lowest BCUT2D eigenvalue weighted by atomic mass is 9.82. The lowest BCUT2D eigenvalue weighted by Gasteiger charge is -2.35. The largest absolute Gasteiger partial charge is 0.371 e. The lowest BCUT2D eigenvalue weighted by Crippen LogP contribution is -2.38. The van der Waals surface area contributed by atoms with Gasteiger partial charge in [-0.25, -0.2) is 15.0 Å². The molecule has 0 saturated carbocycles. The number of thioether (sulfide) groups is 1. The zero-order chi connectivity index (χ0) is 35.1. The SMILES string of the molecule is C1=CC2=NC3=C(NC2C=C1)c1cccc2c4c(cc3c12)C1C=Cc2ccccc2C1N4C1=NC2c3ccccc3SC2C(c2ccc3ccccc3c2)=N1. The Bertz CT molecular complexity index is 2940. The first-order valence-corrected chi connectivity index (χ1v) is 19.7. The molecule has 0 aromatic heterocycles. The molecule has 0 spiro atoms. The van der Waals surface area contributed by atoms with Crippen molar-refractivity contribution in [3.63, 3.8) is 0 Å². The highest BCUT2D eigenvalue weighted by molar-refractivity contribution is 8.01. The summed E-state index contributed by atoms with van der Waals surface area (Å²) in [7, 11) is 0. The second-order valence-corrected chi connectivity index (χ2v) is 16.2. The molecule has 5 atom stereocenters. The van der Waals surface area contributed by atoms with E-state index < -0.39 is 0 Å². The smallest absolute Gasteiger partial charge is 0.226 e. The molecule has 0 radical (unpaired) electrons. The number of benzene rings is 6. The van der Waals surface area contributed by atoms with Crippen LogP contribution in [0.25, 0.3) is 39.0 Å². The Morgan fingerprint density at radius 2 is 1.56 bits per heavy atom. The minimum absolute atomic E-state index is 0.00368. The molecule has 5 nitrogen and oxygen atoms in total. The van der Waals surface area contributed by atoms with Crippen molar-refractivity contribution in [3.05, 3.63) is 185 Å². The fourth-order valence-electron chi connectivity index (χ4n) is 9.91. The molecule has 6 aromatic rings. The van der Waals surface area contributed by atoms with Crippen molar-refractivity contribution in [1.29, 1.82) is 0 Å². The fraction of sp³-hybridized carbons (Fsp3) is 0.104. The number of hydrogen-bond acceptors (Lipinski definition) is 6. The molecule has 6 aromatic carbocycles. The predicted molar refractivity (Wildman–Crippen MR) is 224 cm³/mol. The van der Waals surface area contributed by atoms with Gasteiger partial charge in [-0.1, -0.05) is 127 Å². The minimum atomic E-state index is -0.0488. The standard InChI is InChI=1S/C48H31N5S/c1-2-12-28-24-29(21-20-26(28)10-1)41-47-44(32-14-5-8-19-39(32)54-47)52-48(51-41)53-45-30-13-4-3-11-27(30)22-23-31(45)35-25-36-40-33(15-9-16-34(40)46(35)53)42-43(36)50-38-18-7-6-17-37(38)49-42/h1-25,31,37,44-45,47,49H. The number of nitrogens with one attached hydrogen (secondary N) is 1. The highest BCUT2D eigenvalue weighted by Crippen LogP contribution is 2.59. The number of guanidine groups is 1. The number of aliphatic imine (C=N–C) groups is 3. The van der Waals surface area contributed by atoms with E-state index in [4.69, 9.17) is 15.0 Å². The summed E-state index contributed by atoms with van der Waals surface area (Å²) in [6.45, 7) is 0. The van der Waals surface area contributed by atoms with E-state index in [1.54, 1.807) is 0 Å². The molecule has 0 bridgehead atoms. The van der Waals surface area contributed by atoms with Crippen LogP contribution in [0.5, 0.6) is 0 Å². The summed E-state index contributed by atoms with van der Waals surface area (Å²) in [6.07, 6.45) is 13.2. The predicted octanol–water partition coefficient (Wildman–Crippen LogP) is 10.4. The van der Waals surface area contributed by atoms with E-state index in [1.165, 1.54) is 65.5 Å². The van der Waals surface area contributed by atoms with E-state index in [0.29, 0.717) is 0 Å². The van der Waals surface area contributed by atoms with Crippen molar-refractivity contribution in [2.24, 2.45) is 15.0 Å². The number of hydrogen-bond donors (Lipinski definition) is 1. The van der Waals surface area contributed by atoms with Gasteiger partial charge in [0, 0.05) is 32.7 Å². The van der Waals surface area contributed by atoms with Crippen molar-refractivity contribution < 1.29 is 0 Å².